The van der Waals surface area contributed by atoms with E-state index in [0.717, 1.165) is 44.5 Å². The van der Waals surface area contributed by atoms with Gasteiger partial charge in [-0.25, -0.2) is 5.43 Å². The number of hydrazone groups is 1. The molecule has 1 aliphatic rings. The topological polar surface area (TPSA) is 66.4 Å². The minimum Gasteiger partial charge on any atom is -0.435 e. The molecular formula is C22H24F4N4O3. The smallest absolute Gasteiger partial charge is 0.387 e. The van der Waals surface area contributed by atoms with E-state index in [0.29, 0.717) is 6.54 Å². The molecule has 1 saturated heterocycles. The number of amides is 1. The summed E-state index contributed by atoms with van der Waals surface area (Å²) in [6, 6.07) is 13.4. The molecule has 178 valence electrons. The summed E-state index contributed by atoms with van der Waals surface area (Å²) in [5.74, 6) is -1.09. The highest BCUT2D eigenvalue weighted by Crippen LogP contribution is 2.26. The lowest BCUT2D eigenvalue weighted by Gasteiger charge is -2.36. The van der Waals surface area contributed by atoms with Gasteiger partial charge in [0, 0.05) is 56.5 Å². The predicted octanol–water partition coefficient (Wildman–Crippen LogP) is 3.55. The Kier molecular flexibility index (Phi) is 8.87. The van der Waals surface area contributed by atoms with Crippen LogP contribution in [-0.2, 0) is 4.79 Å². The molecule has 0 atom stereocenters. The van der Waals surface area contributed by atoms with Crippen LogP contribution in [0.1, 0.15) is 12.0 Å². The number of benzene rings is 2. The number of nitrogens with zero attached hydrogens (tertiary/aromatic N) is 3. The van der Waals surface area contributed by atoms with E-state index in [2.05, 4.69) is 41.9 Å². The minimum atomic E-state index is -3.17. The number of ether oxygens (including phenoxy) is 2. The van der Waals surface area contributed by atoms with Crippen molar-refractivity contribution in [1.29, 1.82) is 0 Å². The number of piperazine rings is 1. The Morgan fingerprint density at radius 3 is 2.36 bits per heavy atom. The van der Waals surface area contributed by atoms with E-state index in [9.17, 15) is 22.4 Å². The van der Waals surface area contributed by atoms with Crippen LogP contribution in [0.4, 0.5) is 23.2 Å². The maximum absolute atomic E-state index is 12.6. The van der Waals surface area contributed by atoms with Crippen molar-refractivity contribution in [3.63, 3.8) is 0 Å². The van der Waals surface area contributed by atoms with Crippen LogP contribution in [0.5, 0.6) is 11.5 Å². The highest BCUT2D eigenvalue weighted by molar-refractivity contribution is 5.85. The van der Waals surface area contributed by atoms with E-state index in [1.807, 2.05) is 18.2 Å². The molecule has 0 aromatic heterocycles. The van der Waals surface area contributed by atoms with Gasteiger partial charge in [-0.2, -0.15) is 22.7 Å². The molecule has 0 aliphatic carbocycles. The van der Waals surface area contributed by atoms with Crippen LogP contribution in [-0.4, -0.2) is 63.0 Å². The minimum absolute atomic E-state index is 0.0641. The third-order valence-corrected chi connectivity index (χ3v) is 4.97. The van der Waals surface area contributed by atoms with E-state index in [-0.39, 0.29) is 23.6 Å². The number of alkyl halides is 4. The Hall–Kier alpha value is -3.34. The molecule has 0 unspecified atom stereocenters. The maximum atomic E-state index is 12.6. The number of anilines is 1. The van der Waals surface area contributed by atoms with E-state index in [1.54, 1.807) is 0 Å². The quantitative estimate of drug-likeness (QED) is 0.328. The molecular weight excluding hydrogens is 444 g/mol. The second kappa shape index (κ2) is 12.0. The summed E-state index contributed by atoms with van der Waals surface area (Å²) >= 11 is 0. The van der Waals surface area contributed by atoms with Gasteiger partial charge in [0.05, 0.1) is 6.21 Å². The van der Waals surface area contributed by atoms with Gasteiger partial charge in [0.2, 0.25) is 5.91 Å². The fourth-order valence-corrected chi connectivity index (χ4v) is 3.35. The Morgan fingerprint density at radius 1 is 1.00 bits per heavy atom. The van der Waals surface area contributed by atoms with Crippen molar-refractivity contribution in [1.82, 2.24) is 10.3 Å². The molecule has 33 heavy (non-hydrogen) atoms. The molecule has 2 aromatic rings. The molecule has 0 spiro atoms. The molecule has 11 heteroatoms. The summed E-state index contributed by atoms with van der Waals surface area (Å²) < 4.78 is 58.4. The number of carbonyl (C=O) groups excluding carboxylic acids is 1. The first-order chi connectivity index (χ1) is 15.9. The molecule has 1 N–H and O–H groups in total. The van der Waals surface area contributed by atoms with Crippen LogP contribution < -0.4 is 19.8 Å². The van der Waals surface area contributed by atoms with Crippen molar-refractivity contribution in [2.24, 2.45) is 5.10 Å². The van der Waals surface area contributed by atoms with Gasteiger partial charge >= 0.3 is 13.2 Å². The van der Waals surface area contributed by atoms with Crippen LogP contribution in [0, 0.1) is 0 Å². The lowest BCUT2D eigenvalue weighted by atomic mass is 10.2. The molecule has 1 amide bonds. The van der Waals surface area contributed by atoms with Crippen molar-refractivity contribution in [3.05, 3.63) is 54.1 Å². The summed E-state index contributed by atoms with van der Waals surface area (Å²) in [7, 11) is 0. The summed E-state index contributed by atoms with van der Waals surface area (Å²) in [6.07, 6.45) is 1.31. The molecule has 0 bridgehead atoms. The Labute approximate surface area is 188 Å². The van der Waals surface area contributed by atoms with E-state index in [1.165, 1.54) is 11.8 Å². The van der Waals surface area contributed by atoms with Crippen molar-refractivity contribution >= 4 is 17.8 Å². The summed E-state index contributed by atoms with van der Waals surface area (Å²) in [5, 5.41) is 3.75. The van der Waals surface area contributed by atoms with Gasteiger partial charge in [0.25, 0.3) is 0 Å². The molecule has 1 aliphatic heterocycles. The predicted molar refractivity (Wildman–Crippen MR) is 115 cm³/mol. The van der Waals surface area contributed by atoms with Gasteiger partial charge in [-0.3, -0.25) is 9.69 Å². The second-order valence-electron chi connectivity index (χ2n) is 7.16. The lowest BCUT2D eigenvalue weighted by molar-refractivity contribution is -0.121. The van der Waals surface area contributed by atoms with Crippen molar-refractivity contribution in [3.8, 4) is 11.5 Å². The highest BCUT2D eigenvalue weighted by Gasteiger charge is 2.17. The second-order valence-corrected chi connectivity index (χ2v) is 7.16. The van der Waals surface area contributed by atoms with Crippen molar-refractivity contribution in [2.45, 2.75) is 19.6 Å². The normalized spacial score (nSPS) is 14.8. The van der Waals surface area contributed by atoms with Gasteiger partial charge in [0.15, 0.2) is 0 Å². The first-order valence-corrected chi connectivity index (χ1v) is 10.3. The number of carbonyl (C=O) groups is 1. The fourth-order valence-electron chi connectivity index (χ4n) is 3.35. The van der Waals surface area contributed by atoms with Crippen LogP contribution in [0.25, 0.3) is 0 Å². The van der Waals surface area contributed by atoms with Crippen LogP contribution in [0.3, 0.4) is 0 Å². The van der Waals surface area contributed by atoms with Gasteiger partial charge < -0.3 is 14.4 Å². The molecule has 7 nitrogen and oxygen atoms in total. The van der Waals surface area contributed by atoms with Crippen molar-refractivity contribution < 1.29 is 31.8 Å². The number of hydrogen-bond acceptors (Lipinski definition) is 6. The fraction of sp³-hybridized carbons (Fsp3) is 0.364. The Bertz CT molecular complexity index is 923. The number of nitrogens with one attached hydrogen (secondary N) is 1. The summed E-state index contributed by atoms with van der Waals surface area (Å²) in [4.78, 5) is 16.6. The molecule has 0 radical (unpaired) electrons. The monoisotopic (exact) mass is 468 g/mol. The summed E-state index contributed by atoms with van der Waals surface area (Å²) in [5.41, 5.74) is 3.57. The summed E-state index contributed by atoms with van der Waals surface area (Å²) in [6.45, 7) is -2.34. The third kappa shape index (κ3) is 7.94. The maximum Gasteiger partial charge on any atom is 0.387 e. The molecule has 0 saturated carbocycles. The van der Waals surface area contributed by atoms with Crippen molar-refractivity contribution in [2.75, 3.05) is 37.6 Å². The Morgan fingerprint density at radius 2 is 1.70 bits per heavy atom. The largest absolute Gasteiger partial charge is 0.435 e. The SMILES string of the molecule is O=C(CCN1CCN(c2ccccc2)CC1)N/N=C/c1ccc(OC(F)F)cc1OC(F)F. The zero-order chi connectivity index (χ0) is 23.6. The number of hydrogen-bond donors (Lipinski definition) is 1. The zero-order valence-electron chi connectivity index (χ0n) is 17.7. The zero-order valence-corrected chi connectivity index (χ0v) is 17.7. The van der Waals surface area contributed by atoms with Crippen LogP contribution in [0.15, 0.2) is 53.6 Å². The standard InChI is InChI=1S/C22H24F4N4O3/c23-21(24)32-18-7-6-16(19(14-18)33-22(25)26)15-27-28-20(31)8-9-29-10-12-30(13-11-29)17-4-2-1-3-5-17/h1-7,14-15,21-22H,8-13H2,(H,28,31)/b27-15+. The third-order valence-electron chi connectivity index (χ3n) is 4.97. The van der Waals surface area contributed by atoms with E-state index >= 15 is 0 Å². The first-order valence-electron chi connectivity index (χ1n) is 10.3. The molecule has 3 rings (SSSR count). The van der Waals surface area contributed by atoms with Gasteiger partial charge in [0.1, 0.15) is 11.5 Å². The number of halogens is 4. The van der Waals surface area contributed by atoms with Gasteiger partial charge in [-0.1, -0.05) is 18.2 Å². The first kappa shape index (κ1) is 24.3. The van der Waals surface area contributed by atoms with E-state index < -0.39 is 19.0 Å². The van der Waals surface area contributed by atoms with Gasteiger partial charge in [-0.05, 0) is 24.3 Å². The lowest BCUT2D eigenvalue weighted by Crippen LogP contribution is -2.47. The average Bonchev–Trinajstić information content (AvgIpc) is 2.79. The van der Waals surface area contributed by atoms with Crippen LogP contribution in [0.2, 0.25) is 0 Å². The van der Waals surface area contributed by atoms with Gasteiger partial charge in [-0.15, -0.1) is 0 Å². The molecule has 1 fully saturated rings. The van der Waals surface area contributed by atoms with Crippen LogP contribution >= 0.6 is 0 Å². The molecule has 1 heterocycles. The number of rotatable bonds is 10. The Balaban J connectivity index is 1.45. The van der Waals surface area contributed by atoms with E-state index in [4.69, 9.17) is 0 Å². The average molecular weight is 468 g/mol. The molecule has 2 aromatic carbocycles. The highest BCUT2D eigenvalue weighted by atomic mass is 19.3. The number of para-hydroxylation sites is 1.